The molecule has 1 aromatic carbocycles. The van der Waals surface area contributed by atoms with E-state index in [-0.39, 0.29) is 0 Å². The van der Waals surface area contributed by atoms with Gasteiger partial charge >= 0.3 is 0 Å². The molecule has 94 valence electrons. The van der Waals surface area contributed by atoms with Crippen molar-refractivity contribution in [3.63, 3.8) is 0 Å². The van der Waals surface area contributed by atoms with Crippen molar-refractivity contribution >= 4 is 31.6 Å². The number of piperazine rings is 1. The summed E-state index contributed by atoms with van der Waals surface area (Å²) in [5.74, 6) is 0. The van der Waals surface area contributed by atoms with E-state index in [0.29, 0.717) is 13.1 Å². The molecular formula is C11H15BrN2O2S. The highest BCUT2D eigenvalue weighted by molar-refractivity contribution is 9.10. The second-order valence-electron chi connectivity index (χ2n) is 4.13. The van der Waals surface area contributed by atoms with Crippen LogP contribution in [0.2, 0.25) is 0 Å². The molecule has 6 heteroatoms. The lowest BCUT2D eigenvalue weighted by atomic mass is 10.2. The molecule has 0 saturated carbocycles. The van der Waals surface area contributed by atoms with E-state index in [0.717, 1.165) is 23.2 Å². The minimum atomic E-state index is -3.04. The Bertz CT molecular complexity index is 496. The maximum atomic E-state index is 11.4. The number of sulfonamides is 1. The largest absolute Gasteiger partial charge is 0.369 e. The molecule has 1 aliphatic heterocycles. The number of halogens is 1. The van der Waals surface area contributed by atoms with Crippen molar-refractivity contribution < 1.29 is 8.42 Å². The number of hydrogen-bond donors (Lipinski definition) is 0. The molecule has 0 amide bonds. The van der Waals surface area contributed by atoms with Gasteiger partial charge in [0.15, 0.2) is 0 Å². The summed E-state index contributed by atoms with van der Waals surface area (Å²) in [6.45, 7) is 2.60. The van der Waals surface area contributed by atoms with Crippen LogP contribution in [0.5, 0.6) is 0 Å². The summed E-state index contributed by atoms with van der Waals surface area (Å²) >= 11 is 3.44. The standard InChI is InChI=1S/C11H15BrN2O2S/c1-17(15,16)14-7-5-13(6-8-14)11-4-2-3-10(12)9-11/h2-4,9H,5-8H2,1H3. The molecule has 1 aliphatic rings. The van der Waals surface area contributed by atoms with E-state index < -0.39 is 10.0 Å². The summed E-state index contributed by atoms with van der Waals surface area (Å²) in [6, 6.07) is 8.07. The SMILES string of the molecule is CS(=O)(=O)N1CCN(c2cccc(Br)c2)CC1. The minimum absolute atomic E-state index is 0.561. The lowest BCUT2D eigenvalue weighted by Gasteiger charge is -2.34. The Morgan fingerprint density at radius 1 is 1.18 bits per heavy atom. The molecule has 0 radical (unpaired) electrons. The fraction of sp³-hybridized carbons (Fsp3) is 0.455. The zero-order valence-corrected chi connectivity index (χ0v) is 12.0. The van der Waals surface area contributed by atoms with Crippen LogP contribution in [0.25, 0.3) is 0 Å². The third kappa shape index (κ3) is 3.20. The van der Waals surface area contributed by atoms with Crippen molar-refractivity contribution in [2.45, 2.75) is 0 Å². The van der Waals surface area contributed by atoms with E-state index in [1.54, 1.807) is 0 Å². The first-order valence-corrected chi connectivity index (χ1v) is 8.06. The number of benzene rings is 1. The molecule has 1 aromatic rings. The zero-order valence-electron chi connectivity index (χ0n) is 9.63. The van der Waals surface area contributed by atoms with Gasteiger partial charge in [-0.3, -0.25) is 0 Å². The lowest BCUT2D eigenvalue weighted by molar-refractivity contribution is 0.388. The van der Waals surface area contributed by atoms with Gasteiger partial charge in [0.05, 0.1) is 6.26 Å². The smallest absolute Gasteiger partial charge is 0.211 e. The molecule has 17 heavy (non-hydrogen) atoms. The Hall–Kier alpha value is -0.590. The van der Waals surface area contributed by atoms with Gasteiger partial charge in [0.2, 0.25) is 10.0 Å². The predicted octanol–water partition coefficient (Wildman–Crippen LogP) is 1.53. The molecule has 0 spiro atoms. The van der Waals surface area contributed by atoms with Crippen molar-refractivity contribution in [3.05, 3.63) is 28.7 Å². The second kappa shape index (κ2) is 4.96. The van der Waals surface area contributed by atoms with Crippen LogP contribution in [-0.4, -0.2) is 45.2 Å². The van der Waals surface area contributed by atoms with E-state index in [4.69, 9.17) is 0 Å². The Morgan fingerprint density at radius 3 is 2.35 bits per heavy atom. The molecule has 4 nitrogen and oxygen atoms in total. The number of hydrogen-bond acceptors (Lipinski definition) is 3. The fourth-order valence-electron chi connectivity index (χ4n) is 1.95. The monoisotopic (exact) mass is 318 g/mol. The van der Waals surface area contributed by atoms with Gasteiger partial charge in [-0.05, 0) is 18.2 Å². The van der Waals surface area contributed by atoms with Gasteiger partial charge in [-0.1, -0.05) is 22.0 Å². The van der Waals surface area contributed by atoms with Crippen LogP contribution in [0.4, 0.5) is 5.69 Å². The first kappa shape index (κ1) is 12.9. The summed E-state index contributed by atoms with van der Waals surface area (Å²) in [4.78, 5) is 2.20. The minimum Gasteiger partial charge on any atom is -0.369 e. The average molecular weight is 319 g/mol. The summed E-state index contributed by atoms with van der Waals surface area (Å²) in [5.41, 5.74) is 1.13. The van der Waals surface area contributed by atoms with Crippen LogP contribution in [-0.2, 0) is 10.0 Å². The Kier molecular flexibility index (Phi) is 3.75. The van der Waals surface area contributed by atoms with Crippen LogP contribution in [0.15, 0.2) is 28.7 Å². The molecule has 0 aliphatic carbocycles. The molecule has 0 N–H and O–H groups in total. The van der Waals surface area contributed by atoms with E-state index >= 15 is 0 Å². The van der Waals surface area contributed by atoms with Crippen molar-refractivity contribution in [3.8, 4) is 0 Å². The maximum absolute atomic E-state index is 11.4. The Balaban J connectivity index is 2.05. The van der Waals surface area contributed by atoms with Crippen molar-refractivity contribution in [2.75, 3.05) is 37.3 Å². The van der Waals surface area contributed by atoms with Crippen LogP contribution < -0.4 is 4.90 Å². The lowest BCUT2D eigenvalue weighted by Crippen LogP contribution is -2.48. The van der Waals surface area contributed by atoms with E-state index in [1.165, 1.54) is 10.6 Å². The quantitative estimate of drug-likeness (QED) is 0.830. The first-order valence-electron chi connectivity index (χ1n) is 5.42. The van der Waals surface area contributed by atoms with Gasteiger partial charge in [-0.15, -0.1) is 0 Å². The third-order valence-electron chi connectivity index (χ3n) is 2.88. The highest BCUT2D eigenvalue weighted by atomic mass is 79.9. The first-order chi connectivity index (χ1) is 7.97. The summed E-state index contributed by atoms with van der Waals surface area (Å²) in [6.07, 6.45) is 1.27. The van der Waals surface area contributed by atoms with Crippen molar-refractivity contribution in [2.24, 2.45) is 0 Å². The Labute approximate surface area is 110 Å². The zero-order chi connectivity index (χ0) is 12.5. The highest BCUT2D eigenvalue weighted by Crippen LogP contribution is 2.21. The van der Waals surface area contributed by atoms with Crippen molar-refractivity contribution in [1.82, 2.24) is 4.31 Å². The summed E-state index contributed by atoms with van der Waals surface area (Å²) in [5, 5.41) is 0. The second-order valence-corrected chi connectivity index (χ2v) is 7.03. The van der Waals surface area contributed by atoms with Crippen LogP contribution in [0.1, 0.15) is 0 Å². The molecule has 0 unspecified atom stereocenters. The highest BCUT2D eigenvalue weighted by Gasteiger charge is 2.23. The topological polar surface area (TPSA) is 40.6 Å². The Morgan fingerprint density at radius 2 is 1.82 bits per heavy atom. The molecule has 0 bridgehead atoms. The van der Waals surface area contributed by atoms with Gasteiger partial charge < -0.3 is 4.90 Å². The van der Waals surface area contributed by atoms with Gasteiger partial charge in [-0.2, -0.15) is 4.31 Å². The molecule has 1 fully saturated rings. The maximum Gasteiger partial charge on any atom is 0.211 e. The van der Waals surface area contributed by atoms with Gasteiger partial charge in [-0.25, -0.2) is 8.42 Å². The van der Waals surface area contributed by atoms with Gasteiger partial charge in [0.1, 0.15) is 0 Å². The van der Waals surface area contributed by atoms with E-state index in [2.05, 4.69) is 26.9 Å². The molecule has 0 aromatic heterocycles. The average Bonchev–Trinajstić information content (AvgIpc) is 2.28. The molecular weight excluding hydrogens is 304 g/mol. The van der Waals surface area contributed by atoms with Crippen molar-refractivity contribution in [1.29, 1.82) is 0 Å². The van der Waals surface area contributed by atoms with Crippen LogP contribution in [0.3, 0.4) is 0 Å². The number of rotatable bonds is 2. The summed E-state index contributed by atoms with van der Waals surface area (Å²) < 4.78 is 25.3. The number of nitrogens with zero attached hydrogens (tertiary/aromatic N) is 2. The molecule has 1 heterocycles. The van der Waals surface area contributed by atoms with Gasteiger partial charge in [0, 0.05) is 36.3 Å². The molecule has 0 atom stereocenters. The normalized spacial score (nSPS) is 18.4. The molecule has 2 rings (SSSR count). The van der Waals surface area contributed by atoms with E-state index in [9.17, 15) is 8.42 Å². The predicted molar refractivity (Wildman–Crippen MR) is 72.8 cm³/mol. The van der Waals surface area contributed by atoms with Crippen LogP contribution in [0, 0.1) is 0 Å². The van der Waals surface area contributed by atoms with Crippen LogP contribution >= 0.6 is 15.9 Å². The number of anilines is 1. The van der Waals surface area contributed by atoms with E-state index in [1.807, 2.05) is 18.2 Å². The fourth-order valence-corrected chi connectivity index (χ4v) is 3.16. The summed E-state index contributed by atoms with van der Waals surface area (Å²) in [7, 11) is -3.04. The molecule has 1 saturated heterocycles. The third-order valence-corrected chi connectivity index (χ3v) is 4.68. The van der Waals surface area contributed by atoms with Gasteiger partial charge in [0.25, 0.3) is 0 Å².